The molecule has 0 saturated carbocycles. The van der Waals surface area contributed by atoms with Gasteiger partial charge in [0.15, 0.2) is 11.6 Å². The van der Waals surface area contributed by atoms with Gasteiger partial charge in [0.2, 0.25) is 0 Å². The molecule has 16 heavy (non-hydrogen) atoms. The summed E-state index contributed by atoms with van der Waals surface area (Å²) in [6.07, 6.45) is 2.05. The van der Waals surface area contributed by atoms with Crippen molar-refractivity contribution in [2.75, 3.05) is 24.5 Å². The highest BCUT2D eigenvalue weighted by Crippen LogP contribution is 2.21. The van der Waals surface area contributed by atoms with E-state index in [9.17, 15) is 4.39 Å². The van der Waals surface area contributed by atoms with E-state index < -0.39 is 0 Å². The van der Waals surface area contributed by atoms with E-state index in [4.69, 9.17) is 0 Å². The van der Waals surface area contributed by atoms with E-state index in [-0.39, 0.29) is 5.82 Å². The summed E-state index contributed by atoms with van der Waals surface area (Å²) in [6, 6.07) is 0.360. The molecule has 0 aliphatic carbocycles. The summed E-state index contributed by atoms with van der Waals surface area (Å²) in [5.41, 5.74) is 0.496. The standard InChI is InChI=1S/C11H17FN4/c1-3-9-10(12)11(15-7-14-9)16(4-2)8-5-13-6-8/h7-8,13H,3-6H2,1-2H3. The summed E-state index contributed by atoms with van der Waals surface area (Å²) >= 11 is 0. The van der Waals surface area contributed by atoms with E-state index in [2.05, 4.69) is 15.3 Å². The Morgan fingerprint density at radius 1 is 1.44 bits per heavy atom. The van der Waals surface area contributed by atoms with Gasteiger partial charge in [-0.2, -0.15) is 0 Å². The van der Waals surface area contributed by atoms with E-state index in [1.54, 1.807) is 0 Å². The molecule has 0 aromatic carbocycles. The van der Waals surface area contributed by atoms with Crippen LogP contribution in [0.3, 0.4) is 0 Å². The monoisotopic (exact) mass is 224 g/mol. The number of likely N-dealkylation sites (N-methyl/N-ethyl adjacent to an activating group) is 1. The van der Waals surface area contributed by atoms with Crippen molar-refractivity contribution in [2.45, 2.75) is 26.3 Å². The number of nitrogens with zero attached hydrogens (tertiary/aromatic N) is 3. The highest BCUT2D eigenvalue weighted by molar-refractivity contribution is 5.43. The molecule has 0 atom stereocenters. The lowest BCUT2D eigenvalue weighted by atomic mass is 10.1. The molecule has 1 aromatic rings. The molecule has 4 nitrogen and oxygen atoms in total. The van der Waals surface area contributed by atoms with E-state index in [1.807, 2.05) is 18.7 Å². The van der Waals surface area contributed by atoms with Crippen molar-refractivity contribution in [3.63, 3.8) is 0 Å². The topological polar surface area (TPSA) is 41.1 Å². The molecule has 0 unspecified atom stereocenters. The number of anilines is 1. The Kier molecular flexibility index (Phi) is 3.33. The van der Waals surface area contributed by atoms with Gasteiger partial charge in [0.1, 0.15) is 6.33 Å². The maximum atomic E-state index is 14.0. The van der Waals surface area contributed by atoms with Crippen LogP contribution in [0.15, 0.2) is 6.33 Å². The fourth-order valence-electron chi connectivity index (χ4n) is 1.92. The third-order valence-electron chi connectivity index (χ3n) is 2.99. The van der Waals surface area contributed by atoms with Gasteiger partial charge in [-0.1, -0.05) is 6.92 Å². The molecule has 0 bridgehead atoms. The van der Waals surface area contributed by atoms with E-state index in [1.165, 1.54) is 6.33 Å². The van der Waals surface area contributed by atoms with Gasteiger partial charge in [0.05, 0.1) is 11.7 Å². The second-order valence-corrected chi connectivity index (χ2v) is 3.91. The molecule has 0 amide bonds. The maximum Gasteiger partial charge on any atom is 0.187 e. The molecule has 0 spiro atoms. The predicted octanol–water partition coefficient (Wildman–Crippen LogP) is 0.976. The minimum atomic E-state index is -0.265. The summed E-state index contributed by atoms with van der Waals surface area (Å²) in [5, 5.41) is 3.19. The first-order valence-corrected chi connectivity index (χ1v) is 5.74. The Hall–Kier alpha value is -1.23. The van der Waals surface area contributed by atoms with Crippen LogP contribution in [0.4, 0.5) is 10.2 Å². The third-order valence-corrected chi connectivity index (χ3v) is 2.99. The first-order chi connectivity index (χ1) is 7.77. The van der Waals surface area contributed by atoms with Crippen molar-refractivity contribution >= 4 is 5.82 Å². The lowest BCUT2D eigenvalue weighted by Gasteiger charge is -2.38. The van der Waals surface area contributed by atoms with Crippen LogP contribution in [0.1, 0.15) is 19.5 Å². The molecule has 1 aliphatic rings. The highest BCUT2D eigenvalue weighted by Gasteiger charge is 2.27. The first-order valence-electron chi connectivity index (χ1n) is 5.74. The Bertz CT molecular complexity index is 365. The van der Waals surface area contributed by atoms with Crippen LogP contribution in [0.5, 0.6) is 0 Å². The van der Waals surface area contributed by atoms with Gasteiger partial charge in [-0.25, -0.2) is 14.4 Å². The van der Waals surface area contributed by atoms with Gasteiger partial charge in [0.25, 0.3) is 0 Å². The van der Waals surface area contributed by atoms with Crippen molar-refractivity contribution < 1.29 is 4.39 Å². The van der Waals surface area contributed by atoms with Crippen LogP contribution in [0.2, 0.25) is 0 Å². The van der Waals surface area contributed by atoms with Crippen molar-refractivity contribution in [1.82, 2.24) is 15.3 Å². The summed E-state index contributed by atoms with van der Waals surface area (Å²) in [6.45, 7) is 6.49. The number of hydrogen-bond donors (Lipinski definition) is 1. The molecule has 1 aliphatic heterocycles. The van der Waals surface area contributed by atoms with E-state index in [0.29, 0.717) is 24.0 Å². The molecule has 2 heterocycles. The SMILES string of the molecule is CCc1ncnc(N(CC)C2CNC2)c1F. The first kappa shape index (κ1) is 11.3. The van der Waals surface area contributed by atoms with Gasteiger partial charge in [-0.3, -0.25) is 0 Å². The Labute approximate surface area is 94.9 Å². The summed E-state index contributed by atoms with van der Waals surface area (Å²) < 4.78 is 14.0. The molecule has 1 fully saturated rings. The Morgan fingerprint density at radius 2 is 2.19 bits per heavy atom. The van der Waals surface area contributed by atoms with Crippen molar-refractivity contribution in [3.05, 3.63) is 17.8 Å². The number of nitrogens with one attached hydrogen (secondary N) is 1. The van der Waals surface area contributed by atoms with Gasteiger partial charge < -0.3 is 10.2 Å². The van der Waals surface area contributed by atoms with Crippen LogP contribution in [0.25, 0.3) is 0 Å². The zero-order valence-electron chi connectivity index (χ0n) is 9.70. The molecular weight excluding hydrogens is 207 g/mol. The van der Waals surface area contributed by atoms with Crippen LogP contribution in [0, 0.1) is 5.82 Å². The summed E-state index contributed by atoms with van der Waals surface area (Å²) in [4.78, 5) is 10.0. The molecule has 1 N–H and O–H groups in total. The quantitative estimate of drug-likeness (QED) is 0.827. The van der Waals surface area contributed by atoms with Gasteiger partial charge in [-0.15, -0.1) is 0 Å². The Morgan fingerprint density at radius 3 is 2.69 bits per heavy atom. The van der Waals surface area contributed by atoms with Crippen molar-refractivity contribution in [1.29, 1.82) is 0 Å². The smallest absolute Gasteiger partial charge is 0.187 e. The van der Waals surface area contributed by atoms with Crippen LogP contribution >= 0.6 is 0 Å². The lowest BCUT2D eigenvalue weighted by Crippen LogP contribution is -2.57. The third kappa shape index (κ3) is 1.87. The predicted molar refractivity (Wildman–Crippen MR) is 61.0 cm³/mol. The molecule has 1 saturated heterocycles. The maximum absolute atomic E-state index is 14.0. The summed E-state index contributed by atoms with van der Waals surface area (Å²) in [7, 11) is 0. The minimum absolute atomic E-state index is 0.265. The molecule has 5 heteroatoms. The molecule has 0 radical (unpaired) electrons. The molecule has 2 rings (SSSR count). The molecule has 1 aromatic heterocycles. The van der Waals surface area contributed by atoms with Crippen LogP contribution in [-0.2, 0) is 6.42 Å². The second kappa shape index (κ2) is 4.74. The Balaban J connectivity index is 2.29. The molecular formula is C11H17FN4. The van der Waals surface area contributed by atoms with Crippen molar-refractivity contribution in [2.24, 2.45) is 0 Å². The number of halogens is 1. The van der Waals surface area contributed by atoms with E-state index >= 15 is 0 Å². The zero-order chi connectivity index (χ0) is 11.5. The largest absolute Gasteiger partial charge is 0.349 e. The number of aromatic nitrogens is 2. The van der Waals surface area contributed by atoms with Gasteiger partial charge in [0, 0.05) is 19.6 Å². The average molecular weight is 224 g/mol. The van der Waals surface area contributed by atoms with Crippen LogP contribution < -0.4 is 10.2 Å². The second-order valence-electron chi connectivity index (χ2n) is 3.91. The zero-order valence-corrected chi connectivity index (χ0v) is 9.70. The number of rotatable bonds is 4. The number of aryl methyl sites for hydroxylation is 1. The lowest BCUT2D eigenvalue weighted by molar-refractivity contribution is 0.409. The normalized spacial score (nSPS) is 15.9. The van der Waals surface area contributed by atoms with Gasteiger partial charge >= 0.3 is 0 Å². The van der Waals surface area contributed by atoms with Gasteiger partial charge in [-0.05, 0) is 13.3 Å². The molecule has 88 valence electrons. The number of hydrogen-bond acceptors (Lipinski definition) is 4. The fraction of sp³-hybridized carbons (Fsp3) is 0.636. The average Bonchev–Trinajstić information content (AvgIpc) is 2.24. The fourth-order valence-corrected chi connectivity index (χ4v) is 1.92. The van der Waals surface area contributed by atoms with E-state index in [0.717, 1.165) is 19.6 Å². The van der Waals surface area contributed by atoms with Crippen molar-refractivity contribution in [3.8, 4) is 0 Å². The highest BCUT2D eigenvalue weighted by atomic mass is 19.1. The summed E-state index contributed by atoms with van der Waals surface area (Å²) in [5.74, 6) is 0.180. The minimum Gasteiger partial charge on any atom is -0.349 e. The van der Waals surface area contributed by atoms with Crippen LogP contribution in [-0.4, -0.2) is 35.6 Å².